The van der Waals surface area contributed by atoms with Crippen molar-refractivity contribution in [3.63, 3.8) is 0 Å². The highest BCUT2D eigenvalue weighted by atomic mass is 35.5. The molecule has 0 atom stereocenters. The molecule has 0 unspecified atom stereocenters. The molecule has 0 N–H and O–H groups in total. The molecule has 0 fully saturated rings. The van der Waals surface area contributed by atoms with E-state index in [0.29, 0.717) is 0 Å². The Labute approximate surface area is 327 Å². The minimum Gasteiger partial charge on any atom is -0.455 e. The number of allylic oxidation sites excluding steroid dienone is 8. The summed E-state index contributed by atoms with van der Waals surface area (Å²) in [5, 5.41) is 6.41. The monoisotopic (exact) mass is 764 g/mol. The largest absolute Gasteiger partial charge is 0.673 e. The molecule has 0 bridgehead atoms. The summed E-state index contributed by atoms with van der Waals surface area (Å²) in [7, 11) is -6.00. The lowest BCUT2D eigenvalue weighted by atomic mass is 9.92. The van der Waals surface area contributed by atoms with E-state index in [0.717, 1.165) is 113 Å². The molecule has 2 nitrogen and oxygen atoms in total. The zero-order valence-corrected chi connectivity index (χ0v) is 30.8. The van der Waals surface area contributed by atoms with Crippen molar-refractivity contribution in [2.75, 3.05) is 0 Å². The van der Waals surface area contributed by atoms with Gasteiger partial charge in [-0.1, -0.05) is 139 Å². The Balaban J connectivity index is 0.000000831. The van der Waals surface area contributed by atoms with Gasteiger partial charge in [-0.2, -0.15) is 0 Å². The first-order valence-corrected chi connectivity index (χ1v) is 18.7. The van der Waals surface area contributed by atoms with E-state index >= 15 is 0 Å². The minimum atomic E-state index is -6.00. The minimum absolute atomic E-state index is 0.825. The van der Waals surface area contributed by atoms with E-state index in [1.54, 1.807) is 0 Å². The van der Waals surface area contributed by atoms with E-state index in [2.05, 4.69) is 134 Å². The number of hydrogen-bond donors (Lipinski definition) is 0. The van der Waals surface area contributed by atoms with Crippen LogP contribution in [0.2, 0.25) is 0 Å². The summed E-state index contributed by atoms with van der Waals surface area (Å²) < 4.78 is 52.2. The molecule has 9 rings (SSSR count). The van der Waals surface area contributed by atoms with E-state index in [1.165, 1.54) is 0 Å². The average molecular weight is 765 g/mol. The molecular weight excluding hydrogens is 731 g/mol. The second kappa shape index (κ2) is 15.9. The van der Waals surface area contributed by atoms with Crippen molar-refractivity contribution in [1.82, 2.24) is 0 Å². The summed E-state index contributed by atoms with van der Waals surface area (Å²) in [4.78, 5) is 0. The van der Waals surface area contributed by atoms with Gasteiger partial charge in [-0.3, -0.25) is 0 Å². The number of ether oxygens (including phenoxy) is 1. The number of hydrogen-bond acceptors (Lipinski definition) is 1. The lowest BCUT2D eigenvalue weighted by molar-refractivity contribution is 0.368. The topological polar surface area (TPSA) is 20.5 Å². The van der Waals surface area contributed by atoms with Crippen LogP contribution in [0.1, 0.15) is 36.0 Å². The SMILES string of the molecule is ClC1=C(/C=C/c2cc(-c3ccccc3)[o+]c3c2ccc2ccccc23)CCC/C1=C\C=C1/C=C(c2ccccc2)Oc2c1ccc1ccccc21.F[B-](F)(F)F. The fourth-order valence-corrected chi connectivity index (χ4v) is 7.55. The summed E-state index contributed by atoms with van der Waals surface area (Å²) in [5.41, 5.74) is 8.53. The normalized spacial score (nSPS) is 15.9. The first-order chi connectivity index (χ1) is 27.2. The maximum absolute atomic E-state index is 9.75. The zero-order valence-electron chi connectivity index (χ0n) is 30.1. The predicted molar refractivity (Wildman–Crippen MR) is 225 cm³/mol. The summed E-state index contributed by atoms with van der Waals surface area (Å²) >= 11 is 7.23. The van der Waals surface area contributed by atoms with E-state index in [-0.39, 0.29) is 0 Å². The molecule has 1 aliphatic carbocycles. The van der Waals surface area contributed by atoms with Crippen LogP contribution in [0.5, 0.6) is 5.75 Å². The van der Waals surface area contributed by atoms with Crippen LogP contribution < -0.4 is 4.74 Å². The smallest absolute Gasteiger partial charge is 0.455 e. The van der Waals surface area contributed by atoms with Crippen LogP contribution in [-0.4, -0.2) is 7.25 Å². The Bertz CT molecular complexity index is 2740. The van der Waals surface area contributed by atoms with Gasteiger partial charge in [0, 0.05) is 27.1 Å². The summed E-state index contributed by atoms with van der Waals surface area (Å²) in [5.74, 6) is 2.56. The van der Waals surface area contributed by atoms with Gasteiger partial charge in [0.1, 0.15) is 11.5 Å². The van der Waals surface area contributed by atoms with E-state index in [1.807, 2.05) is 36.4 Å². The fourth-order valence-electron chi connectivity index (χ4n) is 7.23. The van der Waals surface area contributed by atoms with Crippen LogP contribution in [0.4, 0.5) is 17.3 Å². The second-order valence-electron chi connectivity index (χ2n) is 13.6. The molecule has 0 saturated carbocycles. The maximum Gasteiger partial charge on any atom is 0.673 e. The van der Waals surface area contributed by atoms with E-state index < -0.39 is 7.25 Å². The Morgan fingerprint density at radius 2 is 1.25 bits per heavy atom. The third kappa shape index (κ3) is 8.09. The molecule has 8 heteroatoms. The van der Waals surface area contributed by atoms with Gasteiger partial charge in [-0.25, -0.2) is 4.42 Å². The molecule has 2 heterocycles. The van der Waals surface area contributed by atoms with Gasteiger partial charge < -0.3 is 22.0 Å². The molecule has 1 aromatic heterocycles. The lowest BCUT2D eigenvalue weighted by Crippen LogP contribution is -2.04. The van der Waals surface area contributed by atoms with Gasteiger partial charge in [0.15, 0.2) is 0 Å². The molecule has 0 spiro atoms. The first-order valence-electron chi connectivity index (χ1n) is 18.4. The van der Waals surface area contributed by atoms with Gasteiger partial charge >= 0.3 is 18.6 Å². The van der Waals surface area contributed by atoms with Crippen LogP contribution in [-0.2, 0) is 0 Å². The molecule has 1 aliphatic heterocycles. The second-order valence-corrected chi connectivity index (χ2v) is 13.9. The van der Waals surface area contributed by atoms with Crippen LogP contribution >= 0.6 is 11.6 Å². The predicted octanol–water partition coefficient (Wildman–Crippen LogP) is 15.1. The lowest BCUT2D eigenvalue weighted by Gasteiger charge is -2.22. The van der Waals surface area contributed by atoms with Crippen LogP contribution in [0, 0.1) is 0 Å². The quantitative estimate of drug-likeness (QED) is 0.0753. The number of fused-ring (bicyclic) bond motifs is 6. The van der Waals surface area contributed by atoms with Gasteiger partial charge in [0.2, 0.25) is 0 Å². The van der Waals surface area contributed by atoms with Gasteiger partial charge in [-0.05, 0) is 83.2 Å². The number of benzene rings is 6. The van der Waals surface area contributed by atoms with E-state index in [9.17, 15) is 17.3 Å². The van der Waals surface area contributed by atoms with E-state index in [4.69, 9.17) is 20.8 Å². The standard InChI is InChI=1S/C48H34ClO2.BF4/c49-46-36(22-24-38-30-44(34-14-3-1-4-15-34)50-47-40-20-9-7-12-32(40)26-28-42(38)47)18-11-19-37(46)23-25-39-31-45(35-16-5-2-6-17-35)51-48-41-21-10-8-13-33(41)27-29-43(39)48;2-1(3,4)5/h1-10,12-17,20-31H,11,18-19H2;/q+1;-1. The zero-order chi connectivity index (χ0) is 38.6. The van der Waals surface area contributed by atoms with Crippen LogP contribution in [0.25, 0.3) is 61.2 Å². The Morgan fingerprint density at radius 3 is 1.98 bits per heavy atom. The third-order valence-electron chi connectivity index (χ3n) is 9.88. The van der Waals surface area contributed by atoms with Gasteiger partial charge in [0.05, 0.1) is 22.4 Å². The van der Waals surface area contributed by atoms with Crippen LogP contribution in [0.3, 0.4) is 0 Å². The molecule has 6 aromatic carbocycles. The molecule has 276 valence electrons. The summed E-state index contributed by atoms with van der Waals surface area (Å²) in [6.07, 6.45) is 13.8. The average Bonchev–Trinajstić information content (AvgIpc) is 3.22. The van der Waals surface area contributed by atoms with Crippen molar-refractivity contribution in [3.05, 3.63) is 197 Å². The summed E-state index contributed by atoms with van der Waals surface area (Å²) in [6.45, 7) is 0. The highest BCUT2D eigenvalue weighted by Gasteiger charge is 2.23. The van der Waals surface area contributed by atoms with Gasteiger partial charge in [0.25, 0.3) is 0 Å². The Hall–Kier alpha value is -6.18. The molecule has 0 amide bonds. The third-order valence-corrected chi connectivity index (χ3v) is 10.4. The molecule has 0 radical (unpaired) electrons. The highest BCUT2D eigenvalue weighted by molar-refractivity contribution is 6.50. The molecule has 0 saturated heterocycles. The first kappa shape index (κ1) is 36.8. The molecule has 7 aromatic rings. The van der Waals surface area contributed by atoms with Crippen molar-refractivity contribution in [1.29, 1.82) is 0 Å². The maximum atomic E-state index is 9.75. The Kier molecular flexibility index (Phi) is 10.4. The fraction of sp³-hybridized carbons (Fsp3) is 0.0625. The molecular formula is C48H34BClF4O2. The van der Waals surface area contributed by atoms with Crippen LogP contribution in [0.15, 0.2) is 184 Å². The summed E-state index contributed by atoms with van der Waals surface area (Å²) in [6, 6.07) is 48.2. The molecule has 2 aliphatic rings. The Morgan fingerprint density at radius 1 is 0.625 bits per heavy atom. The van der Waals surface area contributed by atoms with Crippen molar-refractivity contribution < 1.29 is 26.4 Å². The molecule has 56 heavy (non-hydrogen) atoms. The highest BCUT2D eigenvalue weighted by Crippen LogP contribution is 2.43. The van der Waals surface area contributed by atoms with Gasteiger partial charge in [-0.15, -0.1) is 0 Å². The van der Waals surface area contributed by atoms with Crippen molar-refractivity contribution >= 4 is 68.8 Å². The van der Waals surface area contributed by atoms with Crippen molar-refractivity contribution in [2.45, 2.75) is 19.3 Å². The van der Waals surface area contributed by atoms with Crippen molar-refractivity contribution in [2.24, 2.45) is 0 Å². The van der Waals surface area contributed by atoms with Crippen molar-refractivity contribution in [3.8, 4) is 17.1 Å². The number of rotatable bonds is 5. The number of halogens is 5.